The summed E-state index contributed by atoms with van der Waals surface area (Å²) in [6.45, 7) is 0. The minimum atomic E-state index is -3.55. The Bertz CT molecular complexity index is 702. The van der Waals surface area contributed by atoms with Crippen LogP contribution in [0.25, 0.3) is 0 Å². The SMILES string of the molecule is COc1ccc(NS(=O)(=O)CCc2ccncc2)c(O)c1. The standard InChI is InChI=1S/C14H16N2O4S/c1-20-12-2-3-13(14(17)10-12)16-21(18,19)9-6-11-4-7-15-8-5-11/h2-5,7-8,10,16-17H,6,9H2,1H3. The van der Waals surface area contributed by atoms with Crippen molar-refractivity contribution in [1.82, 2.24) is 4.98 Å². The van der Waals surface area contributed by atoms with Crippen LogP contribution in [0.2, 0.25) is 0 Å². The van der Waals surface area contributed by atoms with Crippen molar-refractivity contribution >= 4 is 15.7 Å². The first kappa shape index (κ1) is 15.1. The lowest BCUT2D eigenvalue weighted by Gasteiger charge is -2.10. The average molecular weight is 308 g/mol. The molecule has 1 aromatic heterocycles. The first-order valence-electron chi connectivity index (χ1n) is 6.26. The zero-order valence-electron chi connectivity index (χ0n) is 11.5. The van der Waals surface area contributed by atoms with Crippen molar-refractivity contribution < 1.29 is 18.3 Å². The number of benzene rings is 1. The van der Waals surface area contributed by atoms with Crippen molar-refractivity contribution in [2.45, 2.75) is 6.42 Å². The molecule has 0 aliphatic heterocycles. The highest BCUT2D eigenvalue weighted by molar-refractivity contribution is 7.92. The Morgan fingerprint density at radius 1 is 1.24 bits per heavy atom. The molecular weight excluding hydrogens is 292 g/mol. The molecule has 1 heterocycles. The molecule has 0 unspecified atom stereocenters. The zero-order valence-corrected chi connectivity index (χ0v) is 12.3. The summed E-state index contributed by atoms with van der Waals surface area (Å²) in [7, 11) is -2.08. The van der Waals surface area contributed by atoms with Gasteiger partial charge in [-0.3, -0.25) is 9.71 Å². The summed E-state index contributed by atoms with van der Waals surface area (Å²) in [5.41, 5.74) is 1.01. The Labute approximate surface area is 123 Å². The normalized spacial score (nSPS) is 11.1. The molecule has 1 aromatic carbocycles. The molecule has 0 spiro atoms. The second-order valence-electron chi connectivity index (χ2n) is 4.41. The van der Waals surface area contributed by atoms with Gasteiger partial charge in [-0.15, -0.1) is 0 Å². The van der Waals surface area contributed by atoms with Gasteiger partial charge >= 0.3 is 0 Å². The third kappa shape index (κ3) is 4.35. The number of ether oxygens (including phenoxy) is 1. The number of hydrogen-bond donors (Lipinski definition) is 2. The molecule has 21 heavy (non-hydrogen) atoms. The molecule has 0 fully saturated rings. The third-order valence-electron chi connectivity index (χ3n) is 2.88. The molecule has 2 aromatic rings. The highest BCUT2D eigenvalue weighted by Crippen LogP contribution is 2.28. The van der Waals surface area contributed by atoms with Crippen LogP contribution in [0.15, 0.2) is 42.7 Å². The Balaban J connectivity index is 2.04. The molecule has 0 atom stereocenters. The van der Waals surface area contributed by atoms with Gasteiger partial charge in [-0.1, -0.05) is 0 Å². The summed E-state index contributed by atoms with van der Waals surface area (Å²) in [6, 6.07) is 7.90. The molecule has 6 nitrogen and oxygen atoms in total. The maximum atomic E-state index is 12.0. The number of anilines is 1. The largest absolute Gasteiger partial charge is 0.506 e. The molecule has 0 aliphatic carbocycles. The van der Waals surface area contributed by atoms with Crippen LogP contribution in [0.4, 0.5) is 5.69 Å². The number of aromatic nitrogens is 1. The van der Waals surface area contributed by atoms with E-state index in [9.17, 15) is 13.5 Å². The number of nitrogens with zero attached hydrogens (tertiary/aromatic N) is 1. The van der Waals surface area contributed by atoms with Gasteiger partial charge in [0.2, 0.25) is 10.0 Å². The second kappa shape index (κ2) is 6.45. The number of sulfonamides is 1. The number of aryl methyl sites for hydroxylation is 1. The third-order valence-corrected chi connectivity index (χ3v) is 4.15. The minimum Gasteiger partial charge on any atom is -0.506 e. The quantitative estimate of drug-likeness (QED) is 0.794. The molecule has 0 amide bonds. The molecule has 0 aliphatic rings. The Kier molecular flexibility index (Phi) is 4.64. The van der Waals surface area contributed by atoms with Crippen LogP contribution in [0, 0.1) is 0 Å². The number of methoxy groups -OCH3 is 1. The van der Waals surface area contributed by atoms with Gasteiger partial charge in [0.05, 0.1) is 18.6 Å². The Hall–Kier alpha value is -2.28. The highest BCUT2D eigenvalue weighted by Gasteiger charge is 2.13. The van der Waals surface area contributed by atoms with Crippen LogP contribution in [0.3, 0.4) is 0 Å². The fraction of sp³-hybridized carbons (Fsp3) is 0.214. The van der Waals surface area contributed by atoms with E-state index in [2.05, 4.69) is 9.71 Å². The van der Waals surface area contributed by atoms with Crippen molar-refractivity contribution in [3.05, 3.63) is 48.3 Å². The molecule has 2 N–H and O–H groups in total. The van der Waals surface area contributed by atoms with E-state index in [-0.39, 0.29) is 17.2 Å². The maximum Gasteiger partial charge on any atom is 0.233 e. The molecule has 7 heteroatoms. The van der Waals surface area contributed by atoms with E-state index in [0.29, 0.717) is 12.2 Å². The zero-order chi connectivity index (χ0) is 15.3. The monoisotopic (exact) mass is 308 g/mol. The van der Waals surface area contributed by atoms with Crippen molar-refractivity contribution in [1.29, 1.82) is 0 Å². The smallest absolute Gasteiger partial charge is 0.233 e. The van der Waals surface area contributed by atoms with Gasteiger partial charge in [0.1, 0.15) is 11.5 Å². The predicted octanol–water partition coefficient (Wildman–Crippen LogP) is 1.78. The first-order valence-corrected chi connectivity index (χ1v) is 7.92. The van der Waals surface area contributed by atoms with Gasteiger partial charge in [-0.05, 0) is 36.2 Å². The van der Waals surface area contributed by atoms with E-state index in [1.807, 2.05) is 0 Å². The molecule has 0 radical (unpaired) electrons. The lowest BCUT2D eigenvalue weighted by Crippen LogP contribution is -2.18. The number of phenolic OH excluding ortho intramolecular Hbond substituents is 1. The van der Waals surface area contributed by atoms with E-state index in [1.165, 1.54) is 19.2 Å². The van der Waals surface area contributed by atoms with E-state index in [0.717, 1.165) is 5.56 Å². The maximum absolute atomic E-state index is 12.0. The van der Waals surface area contributed by atoms with Gasteiger partial charge in [-0.2, -0.15) is 0 Å². The van der Waals surface area contributed by atoms with Crippen molar-refractivity contribution in [3.8, 4) is 11.5 Å². The number of nitrogens with one attached hydrogen (secondary N) is 1. The predicted molar refractivity (Wildman–Crippen MR) is 80.0 cm³/mol. The average Bonchev–Trinajstić information content (AvgIpc) is 2.48. The lowest BCUT2D eigenvalue weighted by atomic mass is 10.2. The summed E-state index contributed by atoms with van der Waals surface area (Å²) in [5, 5.41) is 9.76. The number of rotatable bonds is 6. The fourth-order valence-electron chi connectivity index (χ4n) is 1.74. The van der Waals surface area contributed by atoms with Crippen LogP contribution in [0.5, 0.6) is 11.5 Å². The van der Waals surface area contributed by atoms with Gasteiger partial charge in [0.25, 0.3) is 0 Å². The molecule has 0 bridgehead atoms. The van der Waals surface area contributed by atoms with Gasteiger partial charge in [-0.25, -0.2) is 8.42 Å². The van der Waals surface area contributed by atoms with Gasteiger partial charge in [0, 0.05) is 18.5 Å². The van der Waals surface area contributed by atoms with Crippen molar-refractivity contribution in [3.63, 3.8) is 0 Å². The summed E-state index contributed by atoms with van der Waals surface area (Å²) in [6.07, 6.45) is 3.60. The van der Waals surface area contributed by atoms with Crippen LogP contribution >= 0.6 is 0 Å². The van der Waals surface area contributed by atoms with Crippen LogP contribution in [-0.4, -0.2) is 31.4 Å². The van der Waals surface area contributed by atoms with E-state index in [4.69, 9.17) is 4.74 Å². The number of aromatic hydroxyl groups is 1. The Morgan fingerprint density at radius 3 is 2.57 bits per heavy atom. The summed E-state index contributed by atoms with van der Waals surface area (Å²) in [5.74, 6) is 0.191. The van der Waals surface area contributed by atoms with E-state index >= 15 is 0 Å². The Morgan fingerprint density at radius 2 is 1.95 bits per heavy atom. The second-order valence-corrected chi connectivity index (χ2v) is 6.25. The molecule has 0 saturated heterocycles. The van der Waals surface area contributed by atoms with E-state index < -0.39 is 10.0 Å². The van der Waals surface area contributed by atoms with Gasteiger partial charge in [0.15, 0.2) is 0 Å². The topological polar surface area (TPSA) is 88.5 Å². The number of pyridine rings is 1. The number of hydrogen-bond acceptors (Lipinski definition) is 5. The van der Waals surface area contributed by atoms with Crippen LogP contribution < -0.4 is 9.46 Å². The highest BCUT2D eigenvalue weighted by atomic mass is 32.2. The number of phenols is 1. The van der Waals surface area contributed by atoms with Gasteiger partial charge < -0.3 is 9.84 Å². The summed E-state index contributed by atoms with van der Waals surface area (Å²) >= 11 is 0. The molecule has 2 rings (SSSR count). The molecular formula is C14H16N2O4S. The molecule has 112 valence electrons. The lowest BCUT2D eigenvalue weighted by molar-refractivity contribution is 0.408. The van der Waals surface area contributed by atoms with E-state index in [1.54, 1.807) is 30.6 Å². The minimum absolute atomic E-state index is 0.0809. The van der Waals surface area contributed by atoms with Crippen LogP contribution in [-0.2, 0) is 16.4 Å². The van der Waals surface area contributed by atoms with Crippen molar-refractivity contribution in [2.24, 2.45) is 0 Å². The van der Waals surface area contributed by atoms with Crippen molar-refractivity contribution in [2.75, 3.05) is 17.6 Å². The summed E-state index contributed by atoms with van der Waals surface area (Å²) < 4.78 is 31.3. The summed E-state index contributed by atoms with van der Waals surface area (Å²) in [4.78, 5) is 3.88. The molecule has 0 saturated carbocycles. The fourth-order valence-corrected chi connectivity index (χ4v) is 2.86. The van der Waals surface area contributed by atoms with Crippen LogP contribution in [0.1, 0.15) is 5.56 Å². The first-order chi connectivity index (χ1) is 10.00.